The highest BCUT2D eigenvalue weighted by atomic mass is 16.5. The average molecular weight is 398 g/mol. The van der Waals surface area contributed by atoms with Crippen molar-refractivity contribution in [2.45, 2.75) is 71.8 Å². The van der Waals surface area contributed by atoms with E-state index in [-0.39, 0.29) is 11.3 Å². The maximum atomic E-state index is 12.8. The van der Waals surface area contributed by atoms with Gasteiger partial charge in [-0.2, -0.15) is 0 Å². The van der Waals surface area contributed by atoms with Crippen LogP contribution in [0.25, 0.3) is 11.3 Å². The SMILES string of the molecule is Cc1noc(-c2ccc(C(C)(C)C)cc2)c1C(=O)NCCCN1CCCC[C@H]1C. The second kappa shape index (κ2) is 9.12. The fourth-order valence-electron chi connectivity index (χ4n) is 4.02. The van der Waals surface area contributed by atoms with Crippen LogP contribution in [0.1, 0.15) is 75.0 Å². The lowest BCUT2D eigenvalue weighted by molar-refractivity contribution is 0.0948. The van der Waals surface area contributed by atoms with Crippen LogP contribution in [-0.2, 0) is 5.41 Å². The predicted molar refractivity (Wildman–Crippen MR) is 117 cm³/mol. The first-order valence-electron chi connectivity index (χ1n) is 10.9. The monoisotopic (exact) mass is 397 g/mol. The quantitative estimate of drug-likeness (QED) is 0.701. The minimum atomic E-state index is -0.106. The van der Waals surface area contributed by atoms with E-state index in [2.05, 4.69) is 55.2 Å². The van der Waals surface area contributed by atoms with E-state index in [9.17, 15) is 4.79 Å². The molecule has 2 heterocycles. The number of benzene rings is 1. The molecule has 0 unspecified atom stereocenters. The molecule has 158 valence electrons. The molecule has 0 bridgehead atoms. The lowest BCUT2D eigenvalue weighted by Crippen LogP contribution is -2.39. The highest BCUT2D eigenvalue weighted by molar-refractivity contribution is 6.00. The van der Waals surface area contributed by atoms with Gasteiger partial charge in [0.05, 0.1) is 5.69 Å². The molecule has 29 heavy (non-hydrogen) atoms. The van der Waals surface area contributed by atoms with Crippen molar-refractivity contribution in [2.24, 2.45) is 0 Å². The topological polar surface area (TPSA) is 58.4 Å². The van der Waals surface area contributed by atoms with Gasteiger partial charge in [-0.15, -0.1) is 0 Å². The van der Waals surface area contributed by atoms with Gasteiger partial charge in [0.15, 0.2) is 5.76 Å². The van der Waals surface area contributed by atoms with Crippen LogP contribution in [0.2, 0.25) is 0 Å². The summed E-state index contributed by atoms with van der Waals surface area (Å²) < 4.78 is 5.52. The Morgan fingerprint density at radius 3 is 2.62 bits per heavy atom. The van der Waals surface area contributed by atoms with Crippen LogP contribution in [0.4, 0.5) is 0 Å². The number of amides is 1. The molecule has 1 fully saturated rings. The Kier molecular flexibility index (Phi) is 6.78. The third kappa shape index (κ3) is 5.27. The molecule has 1 N–H and O–H groups in total. The first kappa shape index (κ1) is 21.6. The molecule has 1 aliphatic rings. The van der Waals surface area contributed by atoms with Gasteiger partial charge >= 0.3 is 0 Å². The van der Waals surface area contributed by atoms with Crippen LogP contribution >= 0.6 is 0 Å². The van der Waals surface area contributed by atoms with Crippen LogP contribution in [-0.4, -0.2) is 41.6 Å². The summed E-state index contributed by atoms with van der Waals surface area (Å²) in [5.74, 6) is 0.440. The summed E-state index contributed by atoms with van der Waals surface area (Å²) in [6.07, 6.45) is 4.86. The minimum Gasteiger partial charge on any atom is -0.355 e. The predicted octanol–water partition coefficient (Wildman–Crippen LogP) is 4.94. The molecule has 0 spiro atoms. The van der Waals surface area contributed by atoms with Crippen molar-refractivity contribution in [3.8, 4) is 11.3 Å². The molecule has 1 aromatic heterocycles. The van der Waals surface area contributed by atoms with E-state index in [0.29, 0.717) is 29.6 Å². The molecule has 1 aliphatic heterocycles. The largest absolute Gasteiger partial charge is 0.355 e. The molecule has 1 saturated heterocycles. The van der Waals surface area contributed by atoms with Gasteiger partial charge < -0.3 is 14.7 Å². The number of nitrogens with zero attached hydrogens (tertiary/aromatic N) is 2. The van der Waals surface area contributed by atoms with Gasteiger partial charge in [0, 0.05) is 24.7 Å². The maximum absolute atomic E-state index is 12.8. The van der Waals surface area contributed by atoms with Gasteiger partial charge in [-0.1, -0.05) is 56.6 Å². The summed E-state index contributed by atoms with van der Waals surface area (Å²) in [6.45, 7) is 13.5. The smallest absolute Gasteiger partial charge is 0.257 e. The number of rotatable bonds is 6. The van der Waals surface area contributed by atoms with Crippen LogP contribution in [0.5, 0.6) is 0 Å². The Bertz CT molecular complexity index is 818. The van der Waals surface area contributed by atoms with Crippen LogP contribution in [0, 0.1) is 6.92 Å². The molecular weight excluding hydrogens is 362 g/mol. The summed E-state index contributed by atoms with van der Waals surface area (Å²) in [5.41, 5.74) is 3.38. The Morgan fingerprint density at radius 2 is 1.97 bits per heavy atom. The molecule has 1 atom stereocenters. The summed E-state index contributed by atoms with van der Waals surface area (Å²) >= 11 is 0. The van der Waals surface area contributed by atoms with E-state index in [0.717, 1.165) is 18.5 Å². The molecule has 2 aromatic rings. The zero-order valence-electron chi connectivity index (χ0n) is 18.5. The molecule has 5 nitrogen and oxygen atoms in total. The molecule has 1 amide bonds. The number of hydrogen-bond donors (Lipinski definition) is 1. The molecule has 0 radical (unpaired) electrons. The first-order valence-corrected chi connectivity index (χ1v) is 10.9. The number of carbonyl (C=O) groups excluding carboxylic acids is 1. The van der Waals surface area contributed by atoms with Gasteiger partial charge in [-0.05, 0) is 50.6 Å². The standard InChI is InChI=1S/C24H35N3O2/c1-17-9-6-7-15-27(17)16-8-14-25-23(28)21-18(2)26-29-22(21)19-10-12-20(13-11-19)24(3,4)5/h10-13,17H,6-9,14-16H2,1-5H3,(H,25,28)/t17-/m1/s1. The van der Waals surface area contributed by atoms with Crippen molar-refractivity contribution in [1.29, 1.82) is 0 Å². The highest BCUT2D eigenvalue weighted by Crippen LogP contribution is 2.29. The second-order valence-corrected chi connectivity index (χ2v) is 9.29. The fourth-order valence-corrected chi connectivity index (χ4v) is 4.02. The molecule has 0 aliphatic carbocycles. The highest BCUT2D eigenvalue weighted by Gasteiger charge is 2.23. The normalized spacial score (nSPS) is 18.0. The van der Waals surface area contributed by atoms with Crippen molar-refractivity contribution in [1.82, 2.24) is 15.4 Å². The molecule has 0 saturated carbocycles. The summed E-state index contributed by atoms with van der Waals surface area (Å²) in [6, 6.07) is 8.86. The average Bonchev–Trinajstić information content (AvgIpc) is 3.07. The number of nitrogens with one attached hydrogen (secondary N) is 1. The van der Waals surface area contributed by atoms with Gasteiger partial charge in [0.25, 0.3) is 5.91 Å². The number of hydrogen-bond acceptors (Lipinski definition) is 4. The lowest BCUT2D eigenvalue weighted by Gasteiger charge is -2.33. The third-order valence-corrected chi connectivity index (χ3v) is 5.95. The van der Waals surface area contributed by atoms with Crippen LogP contribution in [0.3, 0.4) is 0 Å². The number of aromatic nitrogens is 1. The van der Waals surface area contributed by atoms with E-state index >= 15 is 0 Å². The van der Waals surface area contributed by atoms with Gasteiger partial charge in [-0.3, -0.25) is 4.79 Å². The molecular formula is C24H35N3O2. The van der Waals surface area contributed by atoms with Crippen molar-refractivity contribution < 1.29 is 9.32 Å². The van der Waals surface area contributed by atoms with Crippen molar-refractivity contribution in [2.75, 3.05) is 19.6 Å². The Morgan fingerprint density at radius 1 is 1.24 bits per heavy atom. The van der Waals surface area contributed by atoms with Crippen molar-refractivity contribution in [3.05, 3.63) is 41.1 Å². The van der Waals surface area contributed by atoms with E-state index < -0.39 is 0 Å². The Hall–Kier alpha value is -2.14. The number of piperidine rings is 1. The van der Waals surface area contributed by atoms with Crippen molar-refractivity contribution in [3.63, 3.8) is 0 Å². The zero-order chi connectivity index (χ0) is 21.0. The van der Waals surface area contributed by atoms with Gasteiger partial charge in [-0.25, -0.2) is 0 Å². The van der Waals surface area contributed by atoms with Gasteiger partial charge in [0.2, 0.25) is 0 Å². The third-order valence-electron chi connectivity index (χ3n) is 5.95. The fraction of sp³-hybridized carbons (Fsp3) is 0.583. The van der Waals surface area contributed by atoms with E-state index in [4.69, 9.17) is 4.52 Å². The minimum absolute atomic E-state index is 0.0852. The van der Waals surface area contributed by atoms with Crippen molar-refractivity contribution >= 4 is 5.91 Å². The number of carbonyl (C=O) groups is 1. The number of likely N-dealkylation sites (tertiary alicyclic amines) is 1. The van der Waals surface area contributed by atoms with E-state index in [1.165, 1.54) is 31.4 Å². The Labute approximate surface area is 174 Å². The Balaban J connectivity index is 1.62. The summed E-state index contributed by atoms with van der Waals surface area (Å²) in [7, 11) is 0. The summed E-state index contributed by atoms with van der Waals surface area (Å²) in [4.78, 5) is 15.4. The molecule has 1 aromatic carbocycles. The van der Waals surface area contributed by atoms with Gasteiger partial charge in [0.1, 0.15) is 5.56 Å². The summed E-state index contributed by atoms with van der Waals surface area (Å²) in [5, 5.41) is 7.11. The van der Waals surface area contributed by atoms with E-state index in [1.807, 2.05) is 19.1 Å². The second-order valence-electron chi connectivity index (χ2n) is 9.29. The number of aryl methyl sites for hydroxylation is 1. The maximum Gasteiger partial charge on any atom is 0.257 e. The molecule has 5 heteroatoms. The van der Waals surface area contributed by atoms with E-state index in [1.54, 1.807) is 0 Å². The zero-order valence-corrected chi connectivity index (χ0v) is 18.5. The van der Waals surface area contributed by atoms with Crippen LogP contribution in [0.15, 0.2) is 28.8 Å². The molecule has 3 rings (SSSR count). The first-order chi connectivity index (χ1) is 13.8. The van der Waals surface area contributed by atoms with Crippen LogP contribution < -0.4 is 5.32 Å². The lowest BCUT2D eigenvalue weighted by atomic mass is 9.86.